The highest BCUT2D eigenvalue weighted by Crippen LogP contribution is 2.37. The maximum absolute atomic E-state index is 11.5. The normalized spacial score (nSPS) is 16.4. The summed E-state index contributed by atoms with van der Waals surface area (Å²) in [6.07, 6.45) is 2.45. The molecule has 4 nitrogen and oxygen atoms in total. The number of hydrogen-bond donors (Lipinski definition) is 2. The SMILES string of the molecule is Cc1ccc(C(N)=O)c(N(C)C(CN)C2CC2)c1. The summed E-state index contributed by atoms with van der Waals surface area (Å²) in [4.78, 5) is 13.6. The van der Waals surface area contributed by atoms with Crippen LogP contribution in [0.15, 0.2) is 18.2 Å². The largest absolute Gasteiger partial charge is 0.369 e. The number of carbonyl (C=O) groups is 1. The van der Waals surface area contributed by atoms with Crippen molar-refractivity contribution >= 4 is 11.6 Å². The fourth-order valence-corrected chi connectivity index (χ4v) is 2.47. The van der Waals surface area contributed by atoms with Crippen LogP contribution in [0.3, 0.4) is 0 Å². The minimum absolute atomic E-state index is 0.296. The predicted molar refractivity (Wildman–Crippen MR) is 73.7 cm³/mol. The van der Waals surface area contributed by atoms with Gasteiger partial charge >= 0.3 is 0 Å². The summed E-state index contributed by atoms with van der Waals surface area (Å²) in [5.41, 5.74) is 13.9. The van der Waals surface area contributed by atoms with Crippen molar-refractivity contribution in [3.8, 4) is 0 Å². The van der Waals surface area contributed by atoms with E-state index in [0.717, 1.165) is 11.3 Å². The van der Waals surface area contributed by atoms with Crippen LogP contribution in [0.4, 0.5) is 5.69 Å². The van der Waals surface area contributed by atoms with Crippen molar-refractivity contribution in [2.45, 2.75) is 25.8 Å². The molecule has 98 valence electrons. The van der Waals surface area contributed by atoms with Gasteiger partial charge in [-0.05, 0) is 43.4 Å². The zero-order chi connectivity index (χ0) is 13.3. The molecule has 1 aliphatic carbocycles. The Kier molecular flexibility index (Phi) is 3.57. The van der Waals surface area contributed by atoms with Gasteiger partial charge in [-0.2, -0.15) is 0 Å². The number of benzene rings is 1. The van der Waals surface area contributed by atoms with Crippen LogP contribution in [-0.2, 0) is 0 Å². The zero-order valence-electron chi connectivity index (χ0n) is 11.0. The lowest BCUT2D eigenvalue weighted by molar-refractivity contribution is 0.100. The number of hydrogen-bond acceptors (Lipinski definition) is 3. The summed E-state index contributed by atoms with van der Waals surface area (Å²) < 4.78 is 0. The molecule has 0 aromatic heterocycles. The monoisotopic (exact) mass is 247 g/mol. The molecule has 1 unspecified atom stereocenters. The Morgan fingerprint density at radius 3 is 2.67 bits per heavy atom. The predicted octanol–water partition coefficient (Wildman–Crippen LogP) is 1.27. The highest BCUT2D eigenvalue weighted by Gasteiger charge is 2.33. The number of carbonyl (C=O) groups excluding carboxylic acids is 1. The molecule has 0 radical (unpaired) electrons. The Hall–Kier alpha value is -1.55. The molecule has 0 spiro atoms. The van der Waals surface area contributed by atoms with Crippen molar-refractivity contribution < 1.29 is 4.79 Å². The van der Waals surface area contributed by atoms with Gasteiger partial charge in [0.25, 0.3) is 5.91 Å². The third-order valence-corrected chi connectivity index (χ3v) is 3.70. The molecule has 0 bridgehead atoms. The summed E-state index contributed by atoms with van der Waals surface area (Å²) >= 11 is 0. The number of rotatable bonds is 5. The number of aryl methyl sites for hydroxylation is 1. The Bertz CT molecular complexity index is 454. The lowest BCUT2D eigenvalue weighted by atomic mass is 10.0. The lowest BCUT2D eigenvalue weighted by Crippen LogP contribution is -2.40. The average molecular weight is 247 g/mol. The Morgan fingerprint density at radius 2 is 2.17 bits per heavy atom. The van der Waals surface area contributed by atoms with Crippen molar-refractivity contribution in [1.29, 1.82) is 0 Å². The van der Waals surface area contributed by atoms with Crippen LogP contribution < -0.4 is 16.4 Å². The molecule has 1 amide bonds. The Labute approximate surface area is 108 Å². The summed E-state index contributed by atoms with van der Waals surface area (Å²) in [5, 5.41) is 0. The third kappa shape index (κ3) is 2.48. The molecule has 1 aromatic rings. The van der Waals surface area contributed by atoms with E-state index in [-0.39, 0.29) is 5.91 Å². The van der Waals surface area contributed by atoms with Gasteiger partial charge in [0.1, 0.15) is 0 Å². The van der Waals surface area contributed by atoms with Crippen LogP contribution in [0.2, 0.25) is 0 Å². The molecular formula is C14H21N3O. The van der Waals surface area contributed by atoms with E-state index < -0.39 is 0 Å². The van der Waals surface area contributed by atoms with Crippen molar-refractivity contribution in [2.24, 2.45) is 17.4 Å². The molecule has 0 saturated heterocycles. The first-order valence-electron chi connectivity index (χ1n) is 6.38. The molecule has 1 aromatic carbocycles. The van der Waals surface area contributed by atoms with Gasteiger partial charge < -0.3 is 16.4 Å². The second-order valence-corrected chi connectivity index (χ2v) is 5.14. The summed E-state index contributed by atoms with van der Waals surface area (Å²) in [7, 11) is 2.00. The van der Waals surface area contributed by atoms with E-state index in [4.69, 9.17) is 11.5 Å². The minimum atomic E-state index is -0.386. The Balaban J connectivity index is 2.35. The van der Waals surface area contributed by atoms with E-state index in [1.165, 1.54) is 12.8 Å². The quantitative estimate of drug-likeness (QED) is 0.823. The molecular weight excluding hydrogens is 226 g/mol. The number of primary amides is 1. The summed E-state index contributed by atoms with van der Waals surface area (Å²) in [6, 6.07) is 6.01. The van der Waals surface area contributed by atoms with Crippen molar-refractivity contribution in [2.75, 3.05) is 18.5 Å². The molecule has 4 N–H and O–H groups in total. The van der Waals surface area contributed by atoms with Gasteiger partial charge in [0.05, 0.1) is 5.56 Å². The molecule has 1 aliphatic rings. The summed E-state index contributed by atoms with van der Waals surface area (Å²) in [5.74, 6) is 0.268. The molecule has 1 atom stereocenters. The number of amides is 1. The second-order valence-electron chi connectivity index (χ2n) is 5.14. The maximum Gasteiger partial charge on any atom is 0.250 e. The van der Waals surface area contributed by atoms with Crippen LogP contribution in [0.1, 0.15) is 28.8 Å². The molecule has 4 heteroatoms. The molecule has 1 saturated carbocycles. The molecule has 0 aliphatic heterocycles. The van der Waals surface area contributed by atoms with Crippen LogP contribution in [0.5, 0.6) is 0 Å². The molecule has 0 heterocycles. The first kappa shape index (κ1) is 12.9. The van der Waals surface area contributed by atoms with Gasteiger partial charge in [0, 0.05) is 25.3 Å². The second kappa shape index (κ2) is 4.98. The highest BCUT2D eigenvalue weighted by molar-refractivity contribution is 5.98. The molecule has 2 rings (SSSR count). The third-order valence-electron chi connectivity index (χ3n) is 3.70. The van der Waals surface area contributed by atoms with Crippen LogP contribution in [0, 0.1) is 12.8 Å². The number of anilines is 1. The maximum atomic E-state index is 11.5. The van der Waals surface area contributed by atoms with E-state index in [0.29, 0.717) is 24.1 Å². The van der Waals surface area contributed by atoms with E-state index in [2.05, 4.69) is 4.90 Å². The van der Waals surface area contributed by atoms with E-state index in [9.17, 15) is 4.79 Å². The fourth-order valence-electron chi connectivity index (χ4n) is 2.47. The summed E-state index contributed by atoms with van der Waals surface area (Å²) in [6.45, 7) is 2.62. The van der Waals surface area contributed by atoms with Gasteiger partial charge in [0.15, 0.2) is 0 Å². The van der Waals surface area contributed by atoms with Crippen molar-refractivity contribution in [1.82, 2.24) is 0 Å². The average Bonchev–Trinajstić information content (AvgIpc) is 3.13. The van der Waals surface area contributed by atoms with Crippen LogP contribution >= 0.6 is 0 Å². The lowest BCUT2D eigenvalue weighted by Gasteiger charge is -2.30. The van der Waals surface area contributed by atoms with Gasteiger partial charge in [-0.25, -0.2) is 0 Å². The van der Waals surface area contributed by atoms with E-state index >= 15 is 0 Å². The number of nitrogens with two attached hydrogens (primary N) is 2. The number of likely N-dealkylation sites (N-methyl/N-ethyl adjacent to an activating group) is 1. The molecule has 1 fully saturated rings. The van der Waals surface area contributed by atoms with Gasteiger partial charge in [-0.3, -0.25) is 4.79 Å². The van der Waals surface area contributed by atoms with E-state index in [1.54, 1.807) is 6.07 Å². The smallest absolute Gasteiger partial charge is 0.250 e. The molecule has 18 heavy (non-hydrogen) atoms. The van der Waals surface area contributed by atoms with Gasteiger partial charge in [-0.1, -0.05) is 6.07 Å². The topological polar surface area (TPSA) is 72.4 Å². The Morgan fingerprint density at radius 1 is 1.50 bits per heavy atom. The fraction of sp³-hybridized carbons (Fsp3) is 0.500. The number of nitrogens with zero attached hydrogens (tertiary/aromatic N) is 1. The van der Waals surface area contributed by atoms with Crippen LogP contribution in [-0.4, -0.2) is 25.5 Å². The highest BCUT2D eigenvalue weighted by atomic mass is 16.1. The van der Waals surface area contributed by atoms with Gasteiger partial charge in [-0.15, -0.1) is 0 Å². The van der Waals surface area contributed by atoms with Crippen molar-refractivity contribution in [3.05, 3.63) is 29.3 Å². The minimum Gasteiger partial charge on any atom is -0.369 e. The first-order valence-corrected chi connectivity index (χ1v) is 6.38. The zero-order valence-corrected chi connectivity index (χ0v) is 11.0. The first-order chi connectivity index (χ1) is 8.54. The van der Waals surface area contributed by atoms with E-state index in [1.807, 2.05) is 26.1 Å². The van der Waals surface area contributed by atoms with Crippen LogP contribution in [0.25, 0.3) is 0 Å². The van der Waals surface area contributed by atoms with Crippen molar-refractivity contribution in [3.63, 3.8) is 0 Å². The van der Waals surface area contributed by atoms with Gasteiger partial charge in [0.2, 0.25) is 0 Å². The standard InChI is InChI=1S/C14H21N3O/c1-9-3-6-11(14(16)18)12(7-9)17(2)13(8-15)10-4-5-10/h3,6-7,10,13H,4-5,8,15H2,1-2H3,(H2,16,18).